The summed E-state index contributed by atoms with van der Waals surface area (Å²) in [4.78, 5) is 13.7. The van der Waals surface area contributed by atoms with Crippen molar-refractivity contribution in [1.82, 2.24) is 10.1 Å². The van der Waals surface area contributed by atoms with Crippen molar-refractivity contribution < 1.29 is 32.3 Å². The van der Waals surface area contributed by atoms with Crippen LogP contribution in [0.5, 0.6) is 0 Å². The van der Waals surface area contributed by atoms with Gasteiger partial charge in [-0.05, 0) is 38.1 Å². The summed E-state index contributed by atoms with van der Waals surface area (Å²) in [5.41, 5.74) is 4.01. The first-order valence-corrected chi connectivity index (χ1v) is 9.92. The Balaban J connectivity index is 0.000000360. The highest BCUT2D eigenvalue weighted by Crippen LogP contribution is 2.29. The van der Waals surface area contributed by atoms with E-state index in [1.54, 1.807) is 0 Å². The molecule has 0 aliphatic carbocycles. The second-order valence-corrected chi connectivity index (χ2v) is 7.62. The molecule has 0 bridgehead atoms. The van der Waals surface area contributed by atoms with Crippen LogP contribution in [-0.4, -0.2) is 65.7 Å². The molecule has 2 atom stereocenters. The van der Waals surface area contributed by atoms with E-state index in [-0.39, 0.29) is 6.10 Å². The molecule has 1 N–H and O–H groups in total. The number of anilines is 1. The Morgan fingerprint density at radius 1 is 1.28 bits per heavy atom. The molecule has 1 aromatic heterocycles. The smallest absolute Gasteiger partial charge is 0.475 e. The van der Waals surface area contributed by atoms with Crippen LogP contribution in [0, 0.1) is 25.2 Å². The first-order chi connectivity index (χ1) is 15.1. The first-order valence-electron chi connectivity index (χ1n) is 9.92. The highest BCUT2D eigenvalue weighted by molar-refractivity contribution is 5.73. The minimum absolute atomic E-state index is 0.213. The summed E-state index contributed by atoms with van der Waals surface area (Å²) in [6.07, 6.45) is -4.87. The van der Waals surface area contributed by atoms with E-state index in [1.165, 1.54) is 5.56 Å². The van der Waals surface area contributed by atoms with Gasteiger partial charge in [0.05, 0.1) is 36.1 Å². The van der Waals surface area contributed by atoms with Crippen LogP contribution >= 0.6 is 0 Å². The summed E-state index contributed by atoms with van der Waals surface area (Å²) in [7, 11) is 0. The molecule has 2 saturated heterocycles. The fourth-order valence-corrected chi connectivity index (χ4v) is 3.84. The number of hydrogen-bond donors (Lipinski definition) is 1. The van der Waals surface area contributed by atoms with Gasteiger partial charge < -0.3 is 19.3 Å². The number of nitriles is 1. The number of halogens is 3. The number of benzene rings is 1. The molecule has 2 aliphatic rings. The Labute approximate surface area is 182 Å². The molecule has 32 heavy (non-hydrogen) atoms. The lowest BCUT2D eigenvalue weighted by Crippen LogP contribution is -2.50. The van der Waals surface area contributed by atoms with E-state index in [1.807, 2.05) is 38.1 Å². The number of hydrogen-bond acceptors (Lipinski definition) is 7. The molecule has 2 aromatic rings. The van der Waals surface area contributed by atoms with Crippen molar-refractivity contribution in [3.05, 3.63) is 46.8 Å². The summed E-state index contributed by atoms with van der Waals surface area (Å²) in [6.45, 7) is 8.33. The lowest BCUT2D eigenvalue weighted by Gasteiger charge is -2.36. The molecule has 0 radical (unpaired) electrons. The standard InChI is InChI=1S/C19H22N4O2.C2HF3O2/c1-13-17(14(2)25-21-13)10-22-7-8-24-19-12-23(11-18(19)22)16-5-3-15(9-20)4-6-16;3-2(4,5)1(6)7/h3-6,18-19H,7-8,10-12H2,1-2H3;(H,6,7)/t18-,19+;/m1./s1. The van der Waals surface area contributed by atoms with Crippen LogP contribution in [-0.2, 0) is 16.1 Å². The number of rotatable bonds is 3. The summed E-state index contributed by atoms with van der Waals surface area (Å²) < 4.78 is 43.1. The molecule has 8 nitrogen and oxygen atoms in total. The topological polar surface area (TPSA) is 103 Å². The Morgan fingerprint density at radius 2 is 1.94 bits per heavy atom. The van der Waals surface area contributed by atoms with Crippen LogP contribution in [0.2, 0.25) is 0 Å². The van der Waals surface area contributed by atoms with Crippen LogP contribution in [0.3, 0.4) is 0 Å². The molecule has 4 rings (SSSR count). The number of carboxylic acid groups (broad SMARTS) is 1. The normalized spacial score (nSPS) is 20.8. The Kier molecular flexibility index (Phi) is 7.06. The van der Waals surface area contributed by atoms with Crippen LogP contribution in [0.25, 0.3) is 0 Å². The van der Waals surface area contributed by atoms with Crippen LogP contribution < -0.4 is 4.90 Å². The van der Waals surface area contributed by atoms with Crippen LogP contribution in [0.4, 0.5) is 18.9 Å². The number of alkyl halides is 3. The van der Waals surface area contributed by atoms with Gasteiger partial charge in [-0.3, -0.25) is 4.90 Å². The van der Waals surface area contributed by atoms with Crippen molar-refractivity contribution in [2.24, 2.45) is 0 Å². The lowest BCUT2D eigenvalue weighted by molar-refractivity contribution is -0.192. The van der Waals surface area contributed by atoms with Gasteiger partial charge in [0.1, 0.15) is 5.76 Å². The number of morpholine rings is 1. The number of carboxylic acids is 1. The molecule has 2 aliphatic heterocycles. The van der Waals surface area contributed by atoms with Gasteiger partial charge in [-0.1, -0.05) is 5.16 Å². The van der Waals surface area contributed by atoms with E-state index in [9.17, 15) is 13.2 Å². The third kappa shape index (κ3) is 5.38. The fraction of sp³-hybridized carbons (Fsp3) is 0.476. The SMILES string of the molecule is Cc1noc(C)c1CN1CCO[C@H]2CN(c3ccc(C#N)cc3)C[C@H]21.O=C(O)C(F)(F)F. The maximum Gasteiger partial charge on any atom is 0.490 e. The molecule has 1 aromatic carbocycles. The molecule has 0 unspecified atom stereocenters. The maximum atomic E-state index is 10.6. The van der Waals surface area contributed by atoms with Gasteiger partial charge in [0.15, 0.2) is 0 Å². The maximum absolute atomic E-state index is 10.6. The monoisotopic (exact) mass is 452 g/mol. The number of ether oxygens (including phenoxy) is 1. The van der Waals surface area contributed by atoms with E-state index < -0.39 is 12.1 Å². The van der Waals surface area contributed by atoms with Gasteiger partial charge in [0.2, 0.25) is 0 Å². The number of aryl methyl sites for hydroxylation is 2. The zero-order valence-electron chi connectivity index (χ0n) is 17.6. The molecular formula is C21H23F3N4O4. The van der Waals surface area contributed by atoms with Crippen molar-refractivity contribution in [2.75, 3.05) is 31.1 Å². The summed E-state index contributed by atoms with van der Waals surface area (Å²) in [6, 6.07) is 10.3. The Bertz CT molecular complexity index is 965. The van der Waals surface area contributed by atoms with Crippen LogP contribution in [0.1, 0.15) is 22.6 Å². The minimum Gasteiger partial charge on any atom is -0.475 e. The molecule has 0 spiro atoms. The third-order valence-electron chi connectivity index (χ3n) is 5.56. The lowest BCUT2D eigenvalue weighted by atomic mass is 10.1. The van der Waals surface area contributed by atoms with Gasteiger partial charge in [-0.15, -0.1) is 0 Å². The molecular weight excluding hydrogens is 429 g/mol. The van der Waals surface area contributed by atoms with Gasteiger partial charge in [-0.2, -0.15) is 18.4 Å². The second kappa shape index (κ2) is 9.58. The largest absolute Gasteiger partial charge is 0.490 e. The number of aromatic nitrogens is 1. The summed E-state index contributed by atoms with van der Waals surface area (Å²) >= 11 is 0. The van der Waals surface area contributed by atoms with Gasteiger partial charge >= 0.3 is 12.1 Å². The molecule has 0 saturated carbocycles. The highest BCUT2D eigenvalue weighted by Gasteiger charge is 2.40. The third-order valence-corrected chi connectivity index (χ3v) is 5.56. The Morgan fingerprint density at radius 3 is 2.47 bits per heavy atom. The average Bonchev–Trinajstić information content (AvgIpc) is 3.33. The van der Waals surface area contributed by atoms with E-state index >= 15 is 0 Å². The minimum atomic E-state index is -5.08. The van der Waals surface area contributed by atoms with Crippen molar-refractivity contribution in [3.63, 3.8) is 0 Å². The van der Waals surface area contributed by atoms with E-state index in [4.69, 9.17) is 24.4 Å². The van der Waals surface area contributed by atoms with E-state index in [0.717, 1.165) is 49.9 Å². The number of nitrogens with zero attached hydrogens (tertiary/aromatic N) is 4. The van der Waals surface area contributed by atoms with Crippen molar-refractivity contribution in [1.29, 1.82) is 5.26 Å². The number of carbonyl (C=O) groups is 1. The predicted octanol–water partition coefficient (Wildman–Crippen LogP) is 2.89. The van der Waals surface area contributed by atoms with Crippen molar-refractivity contribution >= 4 is 11.7 Å². The van der Waals surface area contributed by atoms with Crippen molar-refractivity contribution in [2.45, 2.75) is 38.7 Å². The molecule has 2 fully saturated rings. The molecule has 172 valence electrons. The number of fused-ring (bicyclic) bond motifs is 1. The van der Waals surface area contributed by atoms with Gasteiger partial charge in [0, 0.05) is 37.4 Å². The quantitative estimate of drug-likeness (QED) is 0.759. The van der Waals surface area contributed by atoms with Crippen molar-refractivity contribution in [3.8, 4) is 6.07 Å². The molecule has 11 heteroatoms. The van der Waals surface area contributed by atoms with Gasteiger partial charge in [-0.25, -0.2) is 4.79 Å². The summed E-state index contributed by atoms with van der Waals surface area (Å²) in [5, 5.41) is 20.2. The second-order valence-electron chi connectivity index (χ2n) is 7.62. The zero-order chi connectivity index (χ0) is 23.5. The first kappa shape index (κ1) is 23.6. The number of aliphatic carboxylic acids is 1. The fourth-order valence-electron chi connectivity index (χ4n) is 3.84. The van der Waals surface area contributed by atoms with E-state index in [2.05, 4.69) is 21.0 Å². The average molecular weight is 452 g/mol. The molecule has 0 amide bonds. The predicted molar refractivity (Wildman–Crippen MR) is 107 cm³/mol. The highest BCUT2D eigenvalue weighted by atomic mass is 19.4. The van der Waals surface area contributed by atoms with E-state index in [0.29, 0.717) is 11.6 Å². The van der Waals surface area contributed by atoms with Gasteiger partial charge in [0.25, 0.3) is 0 Å². The molecule has 3 heterocycles. The summed E-state index contributed by atoms with van der Waals surface area (Å²) in [5.74, 6) is -1.85. The van der Waals surface area contributed by atoms with Crippen LogP contribution in [0.15, 0.2) is 28.8 Å². The Hall–Kier alpha value is -3.10. The zero-order valence-corrected chi connectivity index (χ0v) is 17.6.